The zero-order valence-electron chi connectivity index (χ0n) is 16.9. The van der Waals surface area contributed by atoms with E-state index in [9.17, 15) is 4.79 Å². The second kappa shape index (κ2) is 8.16. The number of benzene rings is 3. The number of methoxy groups -OCH3 is 2. The van der Waals surface area contributed by atoms with Crippen molar-refractivity contribution >= 4 is 45.0 Å². The van der Waals surface area contributed by atoms with Gasteiger partial charge in [-0.3, -0.25) is 0 Å². The molecule has 0 fully saturated rings. The van der Waals surface area contributed by atoms with Crippen LogP contribution < -0.4 is 4.74 Å². The highest BCUT2D eigenvalue weighted by molar-refractivity contribution is 7.80. The minimum atomic E-state index is -0.467. The number of aromatic amines is 1. The fourth-order valence-corrected chi connectivity index (χ4v) is 3.80. The van der Waals surface area contributed by atoms with Crippen molar-refractivity contribution in [2.75, 3.05) is 14.2 Å². The topological polar surface area (TPSA) is 60.5 Å². The number of H-pyrrole nitrogens is 1. The molecule has 0 saturated carbocycles. The van der Waals surface area contributed by atoms with E-state index >= 15 is 0 Å². The quantitative estimate of drug-likeness (QED) is 0.351. The summed E-state index contributed by atoms with van der Waals surface area (Å²) in [5, 5.41) is 1.85. The molecule has 4 aromatic rings. The number of aromatic nitrogens is 1. The predicted octanol–water partition coefficient (Wildman–Crippen LogP) is 5.32. The van der Waals surface area contributed by atoms with E-state index in [-0.39, 0.29) is 5.05 Å². The van der Waals surface area contributed by atoms with E-state index in [1.54, 1.807) is 0 Å². The van der Waals surface area contributed by atoms with Gasteiger partial charge in [0.1, 0.15) is 12.4 Å². The fourth-order valence-electron chi connectivity index (χ4n) is 3.64. The third kappa shape index (κ3) is 3.50. The molecule has 152 valence electrons. The summed E-state index contributed by atoms with van der Waals surface area (Å²) in [6.45, 7) is 2.42. The molecule has 6 heteroatoms. The Morgan fingerprint density at radius 2 is 1.80 bits per heavy atom. The van der Waals surface area contributed by atoms with Gasteiger partial charge in [-0.2, -0.15) is 0 Å². The first-order valence-corrected chi connectivity index (χ1v) is 9.86. The maximum absolute atomic E-state index is 12.7. The number of carbonyl (C=O) groups excluding carboxylic acids is 1. The van der Waals surface area contributed by atoms with Crippen molar-refractivity contribution in [1.29, 1.82) is 0 Å². The van der Waals surface area contributed by atoms with E-state index in [1.807, 2.05) is 61.5 Å². The summed E-state index contributed by atoms with van der Waals surface area (Å²) in [7, 11) is 2.85. The van der Waals surface area contributed by atoms with Gasteiger partial charge in [0.05, 0.1) is 25.3 Å². The number of hydrogen-bond donors (Lipinski definition) is 1. The highest BCUT2D eigenvalue weighted by atomic mass is 32.1. The summed E-state index contributed by atoms with van der Waals surface area (Å²) in [5.74, 6) is 0.242. The lowest BCUT2D eigenvalue weighted by Gasteiger charge is -2.12. The SMILES string of the molecule is COC(=O)c1c(C(=S)OC)cc(C)c2[nH]c3ccc(OCc4ccccc4)cc3c12. The Hall–Kier alpha value is -3.38. The molecule has 4 rings (SSSR count). The molecule has 1 heterocycles. The van der Waals surface area contributed by atoms with Crippen molar-refractivity contribution in [3.63, 3.8) is 0 Å². The molecule has 30 heavy (non-hydrogen) atoms. The van der Waals surface area contributed by atoms with Gasteiger partial charge in [-0.1, -0.05) is 30.3 Å². The summed E-state index contributed by atoms with van der Waals surface area (Å²) >= 11 is 5.35. The van der Waals surface area contributed by atoms with Gasteiger partial charge in [0.2, 0.25) is 0 Å². The molecule has 0 unspecified atom stereocenters. The predicted molar refractivity (Wildman–Crippen MR) is 121 cm³/mol. The summed E-state index contributed by atoms with van der Waals surface area (Å²) in [6.07, 6.45) is 0. The molecule has 0 atom stereocenters. The second-order valence-corrected chi connectivity index (χ2v) is 7.33. The van der Waals surface area contributed by atoms with Gasteiger partial charge in [0.25, 0.3) is 0 Å². The Balaban J connectivity index is 1.89. The molecular weight excluding hydrogens is 398 g/mol. The molecule has 3 aromatic carbocycles. The molecule has 0 aliphatic rings. The monoisotopic (exact) mass is 419 g/mol. The molecule has 1 N–H and O–H groups in total. The van der Waals surface area contributed by atoms with Crippen molar-refractivity contribution in [2.45, 2.75) is 13.5 Å². The average molecular weight is 420 g/mol. The molecule has 0 aliphatic carbocycles. The maximum atomic E-state index is 12.7. The van der Waals surface area contributed by atoms with Crippen molar-refractivity contribution in [3.05, 3.63) is 76.9 Å². The molecule has 0 amide bonds. The fraction of sp³-hybridized carbons (Fsp3) is 0.167. The molecule has 0 radical (unpaired) electrons. The summed E-state index contributed by atoms with van der Waals surface area (Å²) < 4.78 is 16.3. The van der Waals surface area contributed by atoms with E-state index in [1.165, 1.54) is 14.2 Å². The molecule has 5 nitrogen and oxygen atoms in total. The first-order chi connectivity index (χ1) is 14.5. The van der Waals surface area contributed by atoms with E-state index in [2.05, 4.69) is 4.98 Å². The smallest absolute Gasteiger partial charge is 0.339 e. The third-order valence-corrected chi connectivity index (χ3v) is 5.47. The van der Waals surface area contributed by atoms with E-state index < -0.39 is 5.97 Å². The lowest BCUT2D eigenvalue weighted by Crippen LogP contribution is -2.12. The third-order valence-electron chi connectivity index (χ3n) is 5.09. The number of aryl methyl sites for hydroxylation is 1. The van der Waals surface area contributed by atoms with Gasteiger partial charge >= 0.3 is 5.97 Å². The first-order valence-electron chi connectivity index (χ1n) is 9.46. The zero-order valence-corrected chi connectivity index (χ0v) is 17.8. The van der Waals surface area contributed by atoms with Gasteiger partial charge in [0.15, 0.2) is 5.05 Å². The van der Waals surface area contributed by atoms with E-state index in [4.69, 9.17) is 26.4 Å². The van der Waals surface area contributed by atoms with Crippen LogP contribution in [0.2, 0.25) is 0 Å². The van der Waals surface area contributed by atoms with Crippen LogP contribution in [-0.4, -0.2) is 30.2 Å². The van der Waals surface area contributed by atoms with Gasteiger partial charge in [-0.05, 0) is 54.5 Å². The Labute approximate surface area is 179 Å². The highest BCUT2D eigenvalue weighted by Crippen LogP contribution is 2.35. The molecule has 0 saturated heterocycles. The number of hydrogen-bond acceptors (Lipinski definition) is 5. The normalized spacial score (nSPS) is 10.9. The Bertz CT molecular complexity index is 1260. The van der Waals surface area contributed by atoms with E-state index in [0.29, 0.717) is 23.5 Å². The van der Waals surface area contributed by atoms with Crippen LogP contribution in [-0.2, 0) is 16.1 Å². The molecule has 0 bridgehead atoms. The number of rotatable bonds is 5. The van der Waals surface area contributed by atoms with Crippen LogP contribution in [0.4, 0.5) is 0 Å². The largest absolute Gasteiger partial charge is 0.489 e. The van der Waals surface area contributed by atoms with E-state index in [0.717, 1.165) is 32.9 Å². The number of carbonyl (C=O) groups is 1. The summed E-state index contributed by atoms with van der Waals surface area (Å²) in [5.41, 5.74) is 4.71. The van der Waals surface area contributed by atoms with Crippen molar-refractivity contribution < 1.29 is 19.0 Å². The standard InChI is InChI=1S/C24H21NO4S/c1-14-11-18(24(30)28-3)21(23(26)27-2)20-17-12-16(9-10-19(17)25-22(14)20)29-13-15-7-5-4-6-8-15/h4-12,25H,13H2,1-3H3. The minimum absolute atomic E-state index is 0.242. The molecule has 1 aromatic heterocycles. The van der Waals surface area contributed by atoms with Crippen LogP contribution in [0, 0.1) is 6.92 Å². The van der Waals surface area contributed by atoms with Gasteiger partial charge in [-0.25, -0.2) is 4.79 Å². The van der Waals surface area contributed by atoms with Crippen molar-refractivity contribution in [1.82, 2.24) is 4.98 Å². The average Bonchev–Trinajstić information content (AvgIpc) is 3.16. The Morgan fingerprint density at radius 1 is 1.03 bits per heavy atom. The number of esters is 1. The van der Waals surface area contributed by atoms with Crippen LogP contribution >= 0.6 is 12.2 Å². The number of nitrogens with one attached hydrogen (secondary N) is 1. The molecular formula is C24H21NO4S. The number of ether oxygens (including phenoxy) is 3. The van der Waals surface area contributed by atoms with Crippen LogP contribution in [0.3, 0.4) is 0 Å². The minimum Gasteiger partial charge on any atom is -0.489 e. The number of thiocarbonyl (C=S) groups is 1. The first kappa shape index (κ1) is 19.9. The van der Waals surface area contributed by atoms with Crippen LogP contribution in [0.5, 0.6) is 5.75 Å². The Kier molecular flexibility index (Phi) is 5.42. The van der Waals surface area contributed by atoms with Gasteiger partial charge in [0, 0.05) is 21.9 Å². The van der Waals surface area contributed by atoms with Crippen LogP contribution in [0.25, 0.3) is 21.8 Å². The highest BCUT2D eigenvalue weighted by Gasteiger charge is 2.24. The maximum Gasteiger partial charge on any atom is 0.339 e. The summed E-state index contributed by atoms with van der Waals surface area (Å²) in [4.78, 5) is 16.1. The van der Waals surface area contributed by atoms with Gasteiger partial charge in [-0.15, -0.1) is 0 Å². The zero-order chi connectivity index (χ0) is 21.3. The van der Waals surface area contributed by atoms with Crippen molar-refractivity contribution in [2.24, 2.45) is 0 Å². The number of fused-ring (bicyclic) bond motifs is 3. The van der Waals surface area contributed by atoms with Crippen LogP contribution in [0.1, 0.15) is 27.0 Å². The van der Waals surface area contributed by atoms with Crippen LogP contribution in [0.15, 0.2) is 54.6 Å². The second-order valence-electron chi connectivity index (χ2n) is 6.96. The Morgan fingerprint density at radius 3 is 2.50 bits per heavy atom. The van der Waals surface area contributed by atoms with Gasteiger partial charge < -0.3 is 19.2 Å². The lowest BCUT2D eigenvalue weighted by atomic mass is 9.97. The lowest BCUT2D eigenvalue weighted by molar-refractivity contribution is 0.0602. The van der Waals surface area contributed by atoms with Crippen molar-refractivity contribution in [3.8, 4) is 5.75 Å². The summed E-state index contributed by atoms with van der Waals surface area (Å²) in [6, 6.07) is 17.6. The molecule has 0 aliphatic heterocycles. The molecule has 0 spiro atoms.